The van der Waals surface area contributed by atoms with Crippen LogP contribution in [0.5, 0.6) is 5.75 Å². The van der Waals surface area contributed by atoms with Gasteiger partial charge in [-0.1, -0.05) is 6.92 Å². The van der Waals surface area contributed by atoms with Gasteiger partial charge in [-0.25, -0.2) is 19.2 Å². The number of imidazole rings is 1. The molecule has 0 saturated heterocycles. The van der Waals surface area contributed by atoms with E-state index in [-0.39, 0.29) is 23.8 Å². The molecule has 1 amide bonds. The zero-order valence-corrected chi connectivity index (χ0v) is 28.6. The fraction of sp³-hybridized carbons (Fsp3) is 0.400. The first-order chi connectivity index (χ1) is 24.0. The number of likely N-dealkylation sites (N-methyl/N-ethyl adjacent to an activating group) is 1. The van der Waals surface area contributed by atoms with Gasteiger partial charge in [-0.15, -0.1) is 0 Å². The predicted molar refractivity (Wildman–Crippen MR) is 183 cm³/mol. The van der Waals surface area contributed by atoms with Gasteiger partial charge in [-0.2, -0.15) is 4.39 Å². The Bertz CT molecular complexity index is 1750. The summed E-state index contributed by atoms with van der Waals surface area (Å²) in [6, 6.07) is 8.24. The highest BCUT2D eigenvalue weighted by atomic mass is 19.2. The van der Waals surface area contributed by atoms with E-state index >= 15 is 0 Å². The molecule has 0 bridgehead atoms. The molecule has 0 aliphatic rings. The summed E-state index contributed by atoms with van der Waals surface area (Å²) in [5.74, 6) is -2.85. The van der Waals surface area contributed by atoms with Crippen LogP contribution in [0.15, 0.2) is 48.9 Å². The number of amides is 1. The van der Waals surface area contributed by atoms with E-state index in [1.807, 2.05) is 20.0 Å². The minimum atomic E-state index is -1.08. The Morgan fingerprint density at radius 1 is 1.08 bits per heavy atom. The van der Waals surface area contributed by atoms with Crippen LogP contribution >= 0.6 is 0 Å². The molecule has 0 radical (unpaired) electrons. The number of ether oxygens (including phenoxy) is 1. The van der Waals surface area contributed by atoms with E-state index in [0.717, 1.165) is 50.8 Å². The lowest BCUT2D eigenvalue weighted by Gasteiger charge is -2.33. The minimum Gasteiger partial charge on any atom is -0.554 e. The fourth-order valence-corrected chi connectivity index (χ4v) is 5.74. The van der Waals surface area contributed by atoms with Gasteiger partial charge in [0.25, 0.3) is 5.91 Å². The number of nitrogens with two attached hydrogens (primary N) is 1. The van der Waals surface area contributed by atoms with Gasteiger partial charge in [0.1, 0.15) is 0 Å². The van der Waals surface area contributed by atoms with E-state index in [2.05, 4.69) is 20.6 Å². The predicted octanol–water partition coefficient (Wildman–Crippen LogP) is 3.53. The van der Waals surface area contributed by atoms with Crippen molar-refractivity contribution in [2.24, 2.45) is 5.73 Å². The van der Waals surface area contributed by atoms with Gasteiger partial charge in [0.05, 0.1) is 39.1 Å². The summed E-state index contributed by atoms with van der Waals surface area (Å²) in [5, 5.41) is 23.8. The highest BCUT2D eigenvalue weighted by Crippen LogP contribution is 2.31. The van der Waals surface area contributed by atoms with E-state index in [1.54, 1.807) is 22.7 Å². The lowest BCUT2D eigenvalue weighted by molar-refractivity contribution is -0.903. The van der Waals surface area contributed by atoms with Crippen LogP contribution < -0.4 is 26.2 Å². The summed E-state index contributed by atoms with van der Waals surface area (Å²) < 4.78 is 36.2. The Morgan fingerprint density at radius 2 is 1.80 bits per heavy atom. The molecule has 4 aromatic rings. The van der Waals surface area contributed by atoms with Gasteiger partial charge < -0.3 is 40.6 Å². The van der Waals surface area contributed by atoms with Gasteiger partial charge in [0.15, 0.2) is 29.6 Å². The van der Waals surface area contributed by atoms with Crippen molar-refractivity contribution in [3.63, 3.8) is 0 Å². The molecule has 15 heteroatoms. The standard InChI is InChI=1S/C34H43F2N7O4.CH2O2/c1-4-23-20-24(10-11-25(23)34(46)39-15-7-5-8-18-43(2,22-29(44)45)19-9-6-14-37)41-32-33-40-21-27(42(33)17-16-38-32)26-12-13-28(47-3)31(36)30(26)35;2-1-3/h10-13,16-17,20-21H,4-9,14-15,18-19,22,37H2,1-3H3,(H2-,38,39,41,44,45,46);1H,(H,2,3). The molecule has 0 fully saturated rings. The Hall–Kier alpha value is -5.15. The number of nitrogens with one attached hydrogen (secondary N) is 2. The molecule has 2 heterocycles. The van der Waals surface area contributed by atoms with Crippen LogP contribution in [0.3, 0.4) is 0 Å². The highest BCUT2D eigenvalue weighted by Gasteiger charge is 2.24. The van der Waals surface area contributed by atoms with Crippen LogP contribution in [-0.4, -0.2) is 89.2 Å². The molecular formula is C35H45F2N7O6. The molecule has 2 aromatic carbocycles. The number of anilines is 2. The van der Waals surface area contributed by atoms with Gasteiger partial charge in [0.2, 0.25) is 5.82 Å². The number of aryl methyl sites for hydroxylation is 1. The van der Waals surface area contributed by atoms with Crippen molar-refractivity contribution < 1.29 is 42.6 Å². The van der Waals surface area contributed by atoms with Gasteiger partial charge >= 0.3 is 5.97 Å². The number of carboxylic acids is 1. The van der Waals surface area contributed by atoms with E-state index in [0.29, 0.717) is 52.4 Å². The Labute approximate surface area is 289 Å². The van der Waals surface area contributed by atoms with Crippen molar-refractivity contribution in [3.05, 3.63) is 71.7 Å². The van der Waals surface area contributed by atoms with Gasteiger partial charge in [-0.05, 0) is 81.0 Å². The Balaban J connectivity index is 0.00000217. The van der Waals surface area contributed by atoms with E-state index < -0.39 is 24.1 Å². The Morgan fingerprint density at radius 3 is 2.46 bits per heavy atom. The first kappa shape index (κ1) is 39.3. The number of halogens is 2. The van der Waals surface area contributed by atoms with Crippen molar-refractivity contribution in [1.82, 2.24) is 19.7 Å². The lowest BCUT2D eigenvalue weighted by Crippen LogP contribution is -2.49. The molecule has 0 saturated carbocycles. The second-order valence-electron chi connectivity index (χ2n) is 11.9. The first-order valence-electron chi connectivity index (χ1n) is 16.4. The van der Waals surface area contributed by atoms with E-state index in [1.165, 1.54) is 31.6 Å². The number of carboxylic acid groups (broad SMARTS) is 2. The number of carbonyl (C=O) groups excluding carboxylic acids is 2. The summed E-state index contributed by atoms with van der Waals surface area (Å²) in [5.41, 5.74) is 8.51. The number of aliphatic carboxylic acids is 1. The topological polar surface area (TPSA) is 184 Å². The molecule has 4 rings (SSSR count). The fourth-order valence-electron chi connectivity index (χ4n) is 5.74. The number of carbonyl (C=O) groups is 3. The van der Waals surface area contributed by atoms with Gasteiger partial charge in [0, 0.05) is 42.2 Å². The lowest BCUT2D eigenvalue weighted by atomic mass is 10.0. The molecule has 0 aliphatic heterocycles. The maximum absolute atomic E-state index is 14.9. The smallest absolute Gasteiger partial charge is 0.359 e. The quantitative estimate of drug-likeness (QED) is 0.0682. The van der Waals surface area contributed by atoms with Crippen molar-refractivity contribution in [2.45, 2.75) is 45.4 Å². The number of unbranched alkanes of at least 4 members (excludes halogenated alkanes) is 3. The minimum absolute atomic E-state index is 0.0331. The summed E-state index contributed by atoms with van der Waals surface area (Å²) in [6.07, 6.45) is 9.54. The maximum atomic E-state index is 14.9. The first-order valence-corrected chi connectivity index (χ1v) is 16.4. The normalized spacial score (nSPS) is 12.0. The average molecular weight is 698 g/mol. The van der Waals surface area contributed by atoms with Crippen LogP contribution in [-0.2, 0) is 16.0 Å². The molecule has 2 aromatic heterocycles. The molecule has 270 valence electrons. The van der Waals surface area contributed by atoms with Crippen LogP contribution in [0.2, 0.25) is 0 Å². The number of methoxy groups -OCH3 is 1. The number of hydrogen-bond donors (Lipinski definition) is 4. The Kier molecular flexibility index (Phi) is 15.0. The number of benzene rings is 2. The summed E-state index contributed by atoms with van der Waals surface area (Å²) in [7, 11) is 3.25. The van der Waals surface area contributed by atoms with Crippen molar-refractivity contribution >= 4 is 35.5 Å². The second-order valence-corrected chi connectivity index (χ2v) is 11.9. The van der Waals surface area contributed by atoms with Crippen molar-refractivity contribution in [2.75, 3.05) is 52.2 Å². The number of aromatic nitrogens is 3. The van der Waals surface area contributed by atoms with E-state index in [4.69, 9.17) is 20.4 Å². The monoisotopic (exact) mass is 697 g/mol. The third-order valence-electron chi connectivity index (χ3n) is 8.29. The molecule has 1 atom stereocenters. The molecule has 0 aliphatic carbocycles. The number of nitrogens with zero attached hydrogens (tertiary/aromatic N) is 4. The third-order valence-corrected chi connectivity index (χ3v) is 8.29. The summed E-state index contributed by atoms with van der Waals surface area (Å²) in [4.78, 5) is 41.5. The molecule has 5 N–H and O–H groups in total. The van der Waals surface area contributed by atoms with Gasteiger partial charge in [-0.3, -0.25) is 9.20 Å². The van der Waals surface area contributed by atoms with E-state index in [9.17, 15) is 23.5 Å². The van der Waals surface area contributed by atoms with Crippen LogP contribution in [0.4, 0.5) is 20.3 Å². The largest absolute Gasteiger partial charge is 0.554 e. The average Bonchev–Trinajstić information content (AvgIpc) is 3.52. The maximum Gasteiger partial charge on any atom is 0.359 e. The van der Waals surface area contributed by atoms with Crippen molar-refractivity contribution in [1.29, 1.82) is 0 Å². The number of quaternary nitrogens is 1. The molecule has 13 nitrogen and oxygen atoms in total. The number of rotatable bonds is 18. The second kappa shape index (κ2) is 19.1. The number of fused-ring (bicyclic) bond motifs is 1. The molecule has 50 heavy (non-hydrogen) atoms. The summed E-state index contributed by atoms with van der Waals surface area (Å²) in [6.45, 7) is 4.22. The third kappa shape index (κ3) is 10.4. The highest BCUT2D eigenvalue weighted by molar-refractivity contribution is 5.96. The number of hydrogen-bond acceptors (Lipinski definition) is 9. The van der Waals surface area contributed by atoms with Crippen LogP contribution in [0, 0.1) is 11.6 Å². The molecule has 1 unspecified atom stereocenters. The van der Waals surface area contributed by atoms with Crippen LogP contribution in [0.25, 0.3) is 16.9 Å². The van der Waals surface area contributed by atoms with Crippen molar-refractivity contribution in [3.8, 4) is 17.0 Å². The molecular weight excluding hydrogens is 652 g/mol. The SMILES string of the molecule is CCc1cc(Nc2nccn3c(-c4ccc(OC)c(F)c4F)cnc23)ccc1C(=O)NCCCCC[N+](C)(CCCCN)CC(=O)O.O=C[O-]. The zero-order chi connectivity index (χ0) is 36.7. The van der Waals surface area contributed by atoms with Crippen LogP contribution in [0.1, 0.15) is 54.9 Å². The molecule has 0 spiro atoms. The summed E-state index contributed by atoms with van der Waals surface area (Å²) >= 11 is 0. The zero-order valence-electron chi connectivity index (χ0n) is 28.6.